The molecule has 2 aromatic rings. The summed E-state index contributed by atoms with van der Waals surface area (Å²) in [7, 11) is 0. The summed E-state index contributed by atoms with van der Waals surface area (Å²) < 4.78 is 0.979. The van der Waals surface area contributed by atoms with Crippen LogP contribution in [0.2, 0.25) is 0 Å². The molecule has 0 fully saturated rings. The zero-order valence-corrected chi connectivity index (χ0v) is 13.3. The van der Waals surface area contributed by atoms with Gasteiger partial charge in [0.05, 0.1) is 5.56 Å². The second-order valence-electron chi connectivity index (χ2n) is 5.08. The maximum absolute atomic E-state index is 12.4. The molecule has 102 valence electrons. The van der Waals surface area contributed by atoms with Crippen molar-refractivity contribution in [3.05, 3.63) is 62.7 Å². The van der Waals surface area contributed by atoms with E-state index in [1.54, 1.807) is 0 Å². The molecule has 0 spiro atoms. The lowest BCUT2D eigenvalue weighted by Crippen LogP contribution is -2.16. The molecule has 0 unspecified atom stereocenters. The normalized spacial score (nSPS) is 13.7. The van der Waals surface area contributed by atoms with Gasteiger partial charge in [-0.15, -0.1) is 0 Å². The molecule has 0 aliphatic heterocycles. The van der Waals surface area contributed by atoms with E-state index < -0.39 is 0 Å². The van der Waals surface area contributed by atoms with Gasteiger partial charge in [0.25, 0.3) is 5.91 Å². The Morgan fingerprint density at radius 2 is 1.80 bits per heavy atom. The van der Waals surface area contributed by atoms with E-state index in [1.165, 1.54) is 24.0 Å². The molecule has 20 heavy (non-hydrogen) atoms. The Hall–Kier alpha value is -1.36. The van der Waals surface area contributed by atoms with Crippen LogP contribution in [0.4, 0.5) is 5.69 Å². The zero-order chi connectivity index (χ0) is 13.9. The molecular weight excluding hydrogens is 361 g/mol. The second kappa shape index (κ2) is 5.95. The van der Waals surface area contributed by atoms with Gasteiger partial charge in [-0.2, -0.15) is 0 Å². The largest absolute Gasteiger partial charge is 0.322 e. The fourth-order valence-electron chi connectivity index (χ4n) is 2.73. The average Bonchev–Trinajstić information content (AvgIpc) is 2.48. The molecule has 0 bridgehead atoms. The van der Waals surface area contributed by atoms with Gasteiger partial charge in [0.2, 0.25) is 0 Å². The predicted molar refractivity (Wildman–Crippen MR) is 90.2 cm³/mol. The molecule has 2 aromatic carbocycles. The number of aryl methyl sites for hydroxylation is 1. The van der Waals surface area contributed by atoms with Crippen LogP contribution in [0.5, 0.6) is 0 Å². The van der Waals surface area contributed by atoms with Crippen LogP contribution in [0, 0.1) is 3.57 Å². The highest BCUT2D eigenvalue weighted by Crippen LogP contribution is 2.28. The van der Waals surface area contributed by atoms with E-state index in [2.05, 4.69) is 34.0 Å². The minimum atomic E-state index is -0.0195. The minimum Gasteiger partial charge on any atom is -0.322 e. The number of hydrogen-bond acceptors (Lipinski definition) is 1. The first-order valence-corrected chi connectivity index (χ1v) is 8.00. The van der Waals surface area contributed by atoms with Crippen molar-refractivity contribution in [2.75, 3.05) is 5.32 Å². The highest BCUT2D eigenvalue weighted by atomic mass is 127. The van der Waals surface area contributed by atoms with E-state index in [-0.39, 0.29) is 5.91 Å². The Morgan fingerprint density at radius 3 is 2.65 bits per heavy atom. The lowest BCUT2D eigenvalue weighted by Gasteiger charge is -2.19. The average molecular weight is 377 g/mol. The highest BCUT2D eigenvalue weighted by Gasteiger charge is 2.16. The number of carbonyl (C=O) groups is 1. The van der Waals surface area contributed by atoms with Crippen molar-refractivity contribution < 1.29 is 4.79 Å². The van der Waals surface area contributed by atoms with Crippen LogP contribution in [0.15, 0.2) is 42.5 Å². The van der Waals surface area contributed by atoms with Crippen LogP contribution < -0.4 is 5.32 Å². The third-order valence-electron chi connectivity index (χ3n) is 3.76. The van der Waals surface area contributed by atoms with Crippen LogP contribution in [0.25, 0.3) is 0 Å². The number of benzene rings is 2. The molecule has 1 N–H and O–H groups in total. The van der Waals surface area contributed by atoms with Crippen molar-refractivity contribution in [3.8, 4) is 0 Å². The molecule has 0 atom stereocenters. The summed E-state index contributed by atoms with van der Waals surface area (Å²) in [6.45, 7) is 0. The van der Waals surface area contributed by atoms with E-state index in [1.807, 2.05) is 36.4 Å². The third-order valence-corrected chi connectivity index (χ3v) is 4.70. The summed E-state index contributed by atoms with van der Waals surface area (Å²) >= 11 is 2.20. The smallest absolute Gasteiger partial charge is 0.256 e. The van der Waals surface area contributed by atoms with Crippen LogP contribution in [-0.4, -0.2) is 5.91 Å². The number of halogens is 1. The lowest BCUT2D eigenvalue weighted by atomic mass is 9.90. The van der Waals surface area contributed by atoms with Crippen molar-refractivity contribution in [2.45, 2.75) is 25.7 Å². The number of anilines is 1. The molecule has 2 nitrogen and oxygen atoms in total. The van der Waals surface area contributed by atoms with Crippen LogP contribution in [0.1, 0.15) is 34.3 Å². The van der Waals surface area contributed by atoms with Crippen LogP contribution >= 0.6 is 22.6 Å². The lowest BCUT2D eigenvalue weighted by molar-refractivity contribution is 0.102. The van der Waals surface area contributed by atoms with Gasteiger partial charge >= 0.3 is 0 Å². The fourth-order valence-corrected chi connectivity index (χ4v) is 3.37. The van der Waals surface area contributed by atoms with Crippen molar-refractivity contribution >= 4 is 34.2 Å². The number of nitrogens with one attached hydrogen (secondary N) is 1. The zero-order valence-electron chi connectivity index (χ0n) is 11.2. The Labute approximate surface area is 132 Å². The monoisotopic (exact) mass is 377 g/mol. The first kappa shape index (κ1) is 13.6. The molecule has 0 radical (unpaired) electrons. The van der Waals surface area contributed by atoms with Gasteiger partial charge < -0.3 is 5.32 Å². The summed E-state index contributed by atoms with van der Waals surface area (Å²) in [4.78, 5) is 12.4. The molecule has 0 aromatic heterocycles. The van der Waals surface area contributed by atoms with Crippen molar-refractivity contribution in [1.82, 2.24) is 0 Å². The van der Waals surface area contributed by atoms with Gasteiger partial charge in [0.15, 0.2) is 0 Å². The van der Waals surface area contributed by atoms with Gasteiger partial charge in [-0.3, -0.25) is 4.79 Å². The maximum Gasteiger partial charge on any atom is 0.256 e. The molecule has 1 aliphatic carbocycles. The molecule has 1 amide bonds. The Morgan fingerprint density at radius 1 is 1.00 bits per heavy atom. The second-order valence-corrected chi connectivity index (χ2v) is 6.25. The quantitative estimate of drug-likeness (QED) is 0.772. The van der Waals surface area contributed by atoms with E-state index in [9.17, 15) is 4.79 Å². The third kappa shape index (κ3) is 2.73. The Balaban J connectivity index is 1.89. The first-order chi connectivity index (χ1) is 9.75. The van der Waals surface area contributed by atoms with E-state index >= 15 is 0 Å². The van der Waals surface area contributed by atoms with E-state index in [4.69, 9.17) is 0 Å². The first-order valence-electron chi connectivity index (χ1n) is 6.92. The maximum atomic E-state index is 12.4. The van der Waals surface area contributed by atoms with Crippen molar-refractivity contribution in [1.29, 1.82) is 0 Å². The summed E-state index contributed by atoms with van der Waals surface area (Å²) in [6.07, 6.45) is 4.66. The highest BCUT2D eigenvalue weighted by molar-refractivity contribution is 14.1. The van der Waals surface area contributed by atoms with Gasteiger partial charge in [-0.1, -0.05) is 24.3 Å². The molecule has 0 saturated carbocycles. The van der Waals surface area contributed by atoms with Gasteiger partial charge in [-0.25, -0.2) is 0 Å². The van der Waals surface area contributed by atoms with Crippen molar-refractivity contribution in [3.63, 3.8) is 0 Å². The van der Waals surface area contributed by atoms with Crippen LogP contribution in [-0.2, 0) is 12.8 Å². The SMILES string of the molecule is O=C(Nc1cccc2c1CCCC2)c1ccccc1I. The van der Waals surface area contributed by atoms with Crippen LogP contribution in [0.3, 0.4) is 0 Å². The topological polar surface area (TPSA) is 29.1 Å². The Bertz CT molecular complexity index is 651. The van der Waals surface area contributed by atoms with E-state index in [0.717, 1.165) is 27.7 Å². The molecule has 3 rings (SSSR count). The molecule has 0 saturated heterocycles. The molecule has 1 aliphatic rings. The number of amides is 1. The standard InChI is InChI=1S/C17H16INO/c18-15-10-4-3-9-14(15)17(20)19-16-11-5-7-12-6-1-2-8-13(12)16/h3-5,7,9-11H,1-2,6,8H2,(H,19,20). The number of carbonyl (C=O) groups excluding carboxylic acids is 1. The summed E-state index contributed by atoms with van der Waals surface area (Å²) in [5.74, 6) is -0.0195. The summed E-state index contributed by atoms with van der Waals surface area (Å²) in [6, 6.07) is 13.9. The Kier molecular flexibility index (Phi) is 4.05. The van der Waals surface area contributed by atoms with Crippen molar-refractivity contribution in [2.24, 2.45) is 0 Å². The number of fused-ring (bicyclic) bond motifs is 1. The molecular formula is C17H16INO. The number of rotatable bonds is 2. The van der Waals surface area contributed by atoms with Gasteiger partial charge in [0, 0.05) is 9.26 Å². The fraction of sp³-hybridized carbons (Fsp3) is 0.235. The number of hydrogen-bond donors (Lipinski definition) is 1. The van der Waals surface area contributed by atoms with Gasteiger partial charge in [0.1, 0.15) is 0 Å². The van der Waals surface area contributed by atoms with E-state index in [0.29, 0.717) is 0 Å². The summed E-state index contributed by atoms with van der Waals surface area (Å²) in [5.41, 5.74) is 4.42. The minimum absolute atomic E-state index is 0.0195. The summed E-state index contributed by atoms with van der Waals surface area (Å²) in [5, 5.41) is 3.08. The molecule has 3 heteroatoms. The van der Waals surface area contributed by atoms with Gasteiger partial charge in [-0.05, 0) is 77.6 Å². The molecule has 0 heterocycles. The predicted octanol–water partition coefficient (Wildman–Crippen LogP) is 4.42.